The molecule has 0 bridgehead atoms. The average Bonchev–Trinajstić information content (AvgIpc) is 2.41. The van der Waals surface area contributed by atoms with Crippen LogP contribution in [0, 0.1) is 0 Å². The van der Waals surface area contributed by atoms with Gasteiger partial charge in [-0.25, -0.2) is 0 Å². The van der Waals surface area contributed by atoms with E-state index >= 15 is 0 Å². The minimum atomic E-state index is 0. The second kappa shape index (κ2) is 6.06. The fraction of sp³-hybridized carbons (Fsp3) is 0.800. The highest BCUT2D eigenvalue weighted by Crippen LogP contribution is 1.87. The van der Waals surface area contributed by atoms with Gasteiger partial charge in [0.25, 0.3) is 0 Å². The lowest BCUT2D eigenvalue weighted by atomic mass is 10.3. The second-order valence-electron chi connectivity index (χ2n) is 2.03. The van der Waals surface area contributed by atoms with E-state index in [-0.39, 0.29) is 12.4 Å². The Morgan fingerprint density at radius 1 is 1.36 bits per heavy atom. The molecule has 0 aliphatic rings. The summed E-state index contributed by atoms with van der Waals surface area (Å²) in [7, 11) is 0. The summed E-state index contributed by atoms with van der Waals surface area (Å²) in [6.45, 7) is 1.55. The molecule has 1 heterocycles. The zero-order valence-corrected chi connectivity index (χ0v) is 7.00. The molecular formula is C5H12ClN5. The minimum Gasteiger partial charge on any atom is -0.330 e. The van der Waals surface area contributed by atoms with Crippen LogP contribution in [-0.4, -0.2) is 26.8 Å². The maximum absolute atomic E-state index is 5.30. The predicted molar refractivity (Wildman–Crippen MR) is 43.4 cm³/mol. The zero-order valence-electron chi connectivity index (χ0n) is 6.18. The number of aryl methyl sites for hydroxylation is 1. The largest absolute Gasteiger partial charge is 0.330 e. The molecule has 6 heteroatoms. The monoisotopic (exact) mass is 177 g/mol. The van der Waals surface area contributed by atoms with Crippen LogP contribution in [0.25, 0.3) is 0 Å². The minimum absolute atomic E-state index is 0. The molecule has 0 amide bonds. The Labute approximate surface area is 71.4 Å². The highest BCUT2D eigenvalue weighted by molar-refractivity contribution is 5.85. The Morgan fingerprint density at radius 3 is 2.73 bits per heavy atom. The third-order valence-corrected chi connectivity index (χ3v) is 1.20. The summed E-state index contributed by atoms with van der Waals surface area (Å²) in [6, 6.07) is 0. The molecule has 11 heavy (non-hydrogen) atoms. The molecule has 5 nitrogen and oxygen atoms in total. The van der Waals surface area contributed by atoms with Crippen LogP contribution in [0.2, 0.25) is 0 Å². The van der Waals surface area contributed by atoms with Crippen molar-refractivity contribution in [1.82, 2.24) is 20.2 Å². The number of rotatable bonds is 4. The van der Waals surface area contributed by atoms with Crippen LogP contribution in [0.5, 0.6) is 0 Å². The van der Waals surface area contributed by atoms with Gasteiger partial charge in [0.2, 0.25) is 0 Å². The van der Waals surface area contributed by atoms with Crippen molar-refractivity contribution in [3.05, 3.63) is 6.33 Å². The van der Waals surface area contributed by atoms with E-state index in [1.165, 1.54) is 6.33 Å². The summed E-state index contributed by atoms with van der Waals surface area (Å²) < 4.78 is 0. The molecule has 0 aromatic carbocycles. The van der Waals surface area contributed by atoms with Crippen LogP contribution in [0.15, 0.2) is 6.33 Å². The van der Waals surface area contributed by atoms with Crippen molar-refractivity contribution in [3.63, 3.8) is 0 Å². The zero-order chi connectivity index (χ0) is 7.23. The van der Waals surface area contributed by atoms with Gasteiger partial charge < -0.3 is 5.73 Å². The Balaban J connectivity index is 0.000001000. The molecule has 0 atom stereocenters. The first-order valence-corrected chi connectivity index (χ1v) is 3.34. The standard InChI is InChI=1S/C5H11N5.ClH/c6-3-1-2-4-10-8-5-7-9-10;/h5H,1-4,6H2;1H. The molecule has 2 N–H and O–H groups in total. The summed E-state index contributed by atoms with van der Waals surface area (Å²) in [4.78, 5) is 1.57. The topological polar surface area (TPSA) is 69.6 Å². The van der Waals surface area contributed by atoms with E-state index in [0.29, 0.717) is 0 Å². The number of nitrogens with zero attached hydrogens (tertiary/aromatic N) is 4. The molecule has 64 valence electrons. The van der Waals surface area contributed by atoms with E-state index in [9.17, 15) is 0 Å². The Bertz CT molecular complexity index is 163. The molecule has 0 aliphatic heterocycles. The highest BCUT2D eigenvalue weighted by atomic mass is 35.5. The number of hydrogen-bond acceptors (Lipinski definition) is 4. The fourth-order valence-electron chi connectivity index (χ4n) is 0.689. The molecular weight excluding hydrogens is 166 g/mol. The van der Waals surface area contributed by atoms with Gasteiger partial charge in [-0.15, -0.1) is 22.6 Å². The van der Waals surface area contributed by atoms with Gasteiger partial charge in [-0.1, -0.05) is 0 Å². The second-order valence-corrected chi connectivity index (χ2v) is 2.03. The van der Waals surface area contributed by atoms with Crippen molar-refractivity contribution in [2.45, 2.75) is 19.4 Å². The van der Waals surface area contributed by atoms with Gasteiger partial charge in [-0.2, -0.15) is 4.80 Å². The van der Waals surface area contributed by atoms with Gasteiger partial charge in [-0.05, 0) is 24.6 Å². The van der Waals surface area contributed by atoms with Gasteiger partial charge in [0, 0.05) is 0 Å². The Morgan fingerprint density at radius 2 is 2.18 bits per heavy atom. The first kappa shape index (κ1) is 10.3. The van der Waals surface area contributed by atoms with Crippen molar-refractivity contribution in [2.75, 3.05) is 6.54 Å². The number of nitrogens with two attached hydrogens (primary N) is 1. The third-order valence-electron chi connectivity index (χ3n) is 1.20. The predicted octanol–water partition coefficient (Wildman–Crippen LogP) is -0.166. The lowest BCUT2D eigenvalue weighted by Crippen LogP contribution is -2.05. The molecule has 0 radical (unpaired) electrons. The van der Waals surface area contributed by atoms with Crippen LogP contribution in [0.1, 0.15) is 12.8 Å². The smallest absolute Gasteiger partial charge is 0.162 e. The molecule has 0 spiro atoms. The van der Waals surface area contributed by atoms with Crippen LogP contribution in [0.3, 0.4) is 0 Å². The maximum Gasteiger partial charge on any atom is 0.162 e. The summed E-state index contributed by atoms with van der Waals surface area (Å²) in [5, 5.41) is 11.1. The molecule has 0 unspecified atom stereocenters. The number of halogens is 1. The van der Waals surface area contributed by atoms with Crippen molar-refractivity contribution >= 4 is 12.4 Å². The van der Waals surface area contributed by atoms with Crippen LogP contribution < -0.4 is 5.73 Å². The fourth-order valence-corrected chi connectivity index (χ4v) is 0.689. The quantitative estimate of drug-likeness (QED) is 0.649. The lowest BCUT2D eigenvalue weighted by molar-refractivity contribution is 0.490. The first-order valence-electron chi connectivity index (χ1n) is 3.34. The summed E-state index contributed by atoms with van der Waals surface area (Å²) in [5.41, 5.74) is 5.30. The van der Waals surface area contributed by atoms with Crippen LogP contribution in [-0.2, 0) is 6.54 Å². The van der Waals surface area contributed by atoms with Crippen molar-refractivity contribution < 1.29 is 0 Å². The van der Waals surface area contributed by atoms with Crippen molar-refractivity contribution in [1.29, 1.82) is 0 Å². The van der Waals surface area contributed by atoms with E-state index in [1.807, 2.05) is 0 Å². The van der Waals surface area contributed by atoms with E-state index in [0.717, 1.165) is 25.9 Å². The number of aromatic nitrogens is 4. The molecule has 1 aromatic heterocycles. The highest BCUT2D eigenvalue weighted by Gasteiger charge is 1.90. The Hall–Kier alpha value is -0.680. The van der Waals surface area contributed by atoms with E-state index in [2.05, 4.69) is 15.4 Å². The molecule has 0 aliphatic carbocycles. The number of hydrogen-bond donors (Lipinski definition) is 1. The third kappa shape index (κ3) is 3.90. The molecule has 0 fully saturated rings. The SMILES string of the molecule is Cl.NCCCCn1ncnn1. The lowest BCUT2D eigenvalue weighted by Gasteiger charge is -1.94. The average molecular weight is 178 g/mol. The molecule has 0 saturated heterocycles. The van der Waals surface area contributed by atoms with Crippen molar-refractivity contribution in [2.24, 2.45) is 5.73 Å². The van der Waals surface area contributed by atoms with Gasteiger partial charge in [0.15, 0.2) is 6.33 Å². The van der Waals surface area contributed by atoms with Gasteiger partial charge in [-0.3, -0.25) is 0 Å². The summed E-state index contributed by atoms with van der Waals surface area (Å²) >= 11 is 0. The van der Waals surface area contributed by atoms with Gasteiger partial charge in [0.1, 0.15) is 0 Å². The Kier molecular flexibility index (Phi) is 5.68. The van der Waals surface area contributed by atoms with Gasteiger partial charge >= 0.3 is 0 Å². The first-order chi connectivity index (χ1) is 4.93. The van der Waals surface area contributed by atoms with Crippen molar-refractivity contribution in [3.8, 4) is 0 Å². The summed E-state index contributed by atoms with van der Waals surface area (Å²) in [5.74, 6) is 0. The van der Waals surface area contributed by atoms with E-state index in [1.54, 1.807) is 4.80 Å². The normalized spacial score (nSPS) is 9.18. The maximum atomic E-state index is 5.30. The van der Waals surface area contributed by atoms with Crippen LogP contribution in [0.4, 0.5) is 0 Å². The number of tetrazole rings is 1. The summed E-state index contributed by atoms with van der Waals surface area (Å²) in [6.07, 6.45) is 3.47. The molecule has 1 rings (SSSR count). The van der Waals surface area contributed by atoms with Crippen LogP contribution >= 0.6 is 12.4 Å². The van der Waals surface area contributed by atoms with E-state index in [4.69, 9.17) is 5.73 Å². The molecule has 0 saturated carbocycles. The molecule has 1 aromatic rings. The van der Waals surface area contributed by atoms with Gasteiger partial charge in [0.05, 0.1) is 6.54 Å². The number of unbranched alkanes of at least 4 members (excludes halogenated alkanes) is 1. The van der Waals surface area contributed by atoms with E-state index < -0.39 is 0 Å².